The second-order valence-electron chi connectivity index (χ2n) is 3.17. The Morgan fingerprint density at radius 3 is 2.69 bits per heavy atom. The molecule has 0 radical (unpaired) electrons. The highest BCUT2D eigenvalue weighted by Gasteiger charge is 2.07. The van der Waals surface area contributed by atoms with Crippen LogP contribution in [0.5, 0.6) is 0 Å². The molecule has 0 aromatic carbocycles. The Hall–Kier alpha value is -1.29. The van der Waals surface area contributed by atoms with Crippen molar-refractivity contribution < 1.29 is 0 Å². The quantitative estimate of drug-likeness (QED) is 0.638. The van der Waals surface area contributed by atoms with Crippen molar-refractivity contribution in [1.29, 1.82) is 0 Å². The summed E-state index contributed by atoms with van der Waals surface area (Å²) < 4.78 is 0. The van der Waals surface area contributed by atoms with Gasteiger partial charge in [-0.15, -0.1) is 12.3 Å². The highest BCUT2D eigenvalue weighted by atomic mass is 14.6. The van der Waals surface area contributed by atoms with Gasteiger partial charge >= 0.3 is 0 Å². The Bertz CT molecular complexity index is 271. The third-order valence-electron chi connectivity index (χ3n) is 2.18. The first-order valence-corrected chi connectivity index (χ1v) is 4.71. The van der Waals surface area contributed by atoms with E-state index in [1.165, 1.54) is 12.0 Å². The summed E-state index contributed by atoms with van der Waals surface area (Å²) in [7, 11) is 0. The first-order valence-electron chi connectivity index (χ1n) is 4.71. The van der Waals surface area contributed by atoms with Crippen LogP contribution in [0.15, 0.2) is 24.5 Å². The predicted octanol–water partition coefficient (Wildman–Crippen LogP) is 2.99. The first-order chi connectivity index (χ1) is 6.38. The van der Waals surface area contributed by atoms with Gasteiger partial charge < -0.3 is 0 Å². The maximum Gasteiger partial charge on any atom is 0.0270 e. The van der Waals surface area contributed by atoms with Crippen LogP contribution < -0.4 is 0 Å². The maximum atomic E-state index is 5.33. The molecule has 68 valence electrons. The minimum Gasteiger partial charge on any atom is -0.265 e. The molecule has 1 heterocycles. The molecular formula is C12H15N. The average molecular weight is 173 g/mol. The van der Waals surface area contributed by atoms with Crippen molar-refractivity contribution in [1.82, 2.24) is 4.98 Å². The molecule has 13 heavy (non-hydrogen) atoms. The van der Waals surface area contributed by atoms with E-state index in [2.05, 4.69) is 30.0 Å². The van der Waals surface area contributed by atoms with E-state index >= 15 is 0 Å². The zero-order valence-electron chi connectivity index (χ0n) is 8.03. The summed E-state index contributed by atoms with van der Waals surface area (Å²) in [5, 5.41) is 0. The normalized spacial score (nSPS) is 12.0. The third kappa shape index (κ3) is 2.91. The molecular weight excluding hydrogens is 158 g/mol. The van der Waals surface area contributed by atoms with Gasteiger partial charge in [-0.2, -0.15) is 0 Å². The van der Waals surface area contributed by atoms with Gasteiger partial charge in [0, 0.05) is 18.8 Å². The molecule has 0 amide bonds. The van der Waals surface area contributed by atoms with Gasteiger partial charge in [-0.1, -0.05) is 13.3 Å². The van der Waals surface area contributed by atoms with Gasteiger partial charge in [0.25, 0.3) is 0 Å². The topological polar surface area (TPSA) is 12.9 Å². The average Bonchev–Trinajstić information content (AvgIpc) is 2.19. The molecule has 0 saturated heterocycles. The zero-order chi connectivity index (χ0) is 9.52. The molecule has 0 saturated carbocycles. The van der Waals surface area contributed by atoms with E-state index in [9.17, 15) is 0 Å². The second-order valence-corrected chi connectivity index (χ2v) is 3.17. The fourth-order valence-electron chi connectivity index (χ4n) is 1.51. The smallest absolute Gasteiger partial charge is 0.0270 e. The molecule has 0 aliphatic carbocycles. The van der Waals surface area contributed by atoms with Crippen LogP contribution in [-0.2, 0) is 0 Å². The highest BCUT2D eigenvalue weighted by Crippen LogP contribution is 2.23. The molecule has 0 aliphatic heterocycles. The Balaban J connectivity index is 2.71. The van der Waals surface area contributed by atoms with Gasteiger partial charge in [-0.3, -0.25) is 4.98 Å². The number of pyridine rings is 1. The van der Waals surface area contributed by atoms with Crippen LogP contribution in [0.25, 0.3) is 0 Å². The van der Waals surface area contributed by atoms with Gasteiger partial charge in [0.15, 0.2) is 0 Å². The van der Waals surface area contributed by atoms with Crippen LogP contribution in [0.2, 0.25) is 0 Å². The Labute approximate surface area is 80.2 Å². The van der Waals surface area contributed by atoms with Crippen LogP contribution in [0.3, 0.4) is 0 Å². The molecule has 1 nitrogen and oxygen atoms in total. The summed E-state index contributed by atoms with van der Waals surface area (Å²) in [6, 6.07) is 4.11. The standard InChI is InChI=1S/C12H15N/c1-3-5-11(6-4-2)12-7-9-13-10-8-12/h1,7-11H,4-6H2,2H3. The number of hydrogen-bond acceptors (Lipinski definition) is 1. The summed E-state index contributed by atoms with van der Waals surface area (Å²) in [6.45, 7) is 2.19. The van der Waals surface area contributed by atoms with Gasteiger partial charge in [0.2, 0.25) is 0 Å². The van der Waals surface area contributed by atoms with E-state index < -0.39 is 0 Å². The van der Waals surface area contributed by atoms with E-state index in [0.29, 0.717) is 5.92 Å². The number of aromatic nitrogens is 1. The number of rotatable bonds is 4. The lowest BCUT2D eigenvalue weighted by molar-refractivity contribution is 0.628. The fourth-order valence-corrected chi connectivity index (χ4v) is 1.51. The maximum absolute atomic E-state index is 5.33. The monoisotopic (exact) mass is 173 g/mol. The van der Waals surface area contributed by atoms with Crippen LogP contribution in [0, 0.1) is 12.3 Å². The molecule has 1 unspecified atom stereocenters. The van der Waals surface area contributed by atoms with Crippen molar-refractivity contribution in [3.05, 3.63) is 30.1 Å². The van der Waals surface area contributed by atoms with Crippen molar-refractivity contribution in [2.45, 2.75) is 32.1 Å². The first kappa shape index (κ1) is 9.80. The molecule has 1 heteroatoms. The lowest BCUT2D eigenvalue weighted by Crippen LogP contribution is -1.97. The SMILES string of the molecule is C#CCC(CCC)c1ccncc1. The number of terminal acetylenes is 1. The molecule has 0 fully saturated rings. The van der Waals surface area contributed by atoms with Crippen LogP contribution in [0.4, 0.5) is 0 Å². The fraction of sp³-hybridized carbons (Fsp3) is 0.417. The van der Waals surface area contributed by atoms with E-state index in [4.69, 9.17) is 6.42 Å². The van der Waals surface area contributed by atoms with Crippen molar-refractivity contribution in [2.75, 3.05) is 0 Å². The van der Waals surface area contributed by atoms with Gasteiger partial charge in [0.05, 0.1) is 0 Å². The van der Waals surface area contributed by atoms with Gasteiger partial charge in [-0.25, -0.2) is 0 Å². The number of nitrogens with zero attached hydrogens (tertiary/aromatic N) is 1. The predicted molar refractivity (Wildman–Crippen MR) is 55.3 cm³/mol. The van der Waals surface area contributed by atoms with Crippen molar-refractivity contribution in [3.8, 4) is 12.3 Å². The Morgan fingerprint density at radius 1 is 1.46 bits per heavy atom. The van der Waals surface area contributed by atoms with E-state index in [1.807, 2.05) is 12.4 Å². The molecule has 0 spiro atoms. The number of hydrogen-bond donors (Lipinski definition) is 0. The molecule has 0 bridgehead atoms. The summed E-state index contributed by atoms with van der Waals surface area (Å²) >= 11 is 0. The lowest BCUT2D eigenvalue weighted by atomic mass is 9.93. The minimum atomic E-state index is 0.512. The van der Waals surface area contributed by atoms with Gasteiger partial charge in [-0.05, 0) is 30.0 Å². The highest BCUT2D eigenvalue weighted by molar-refractivity contribution is 5.17. The molecule has 0 aliphatic rings. The summed E-state index contributed by atoms with van der Waals surface area (Å²) in [5.74, 6) is 3.24. The minimum absolute atomic E-state index is 0.512. The largest absolute Gasteiger partial charge is 0.265 e. The molecule has 1 aromatic heterocycles. The summed E-state index contributed by atoms with van der Waals surface area (Å²) in [6.07, 6.45) is 12.2. The van der Waals surface area contributed by atoms with E-state index in [1.54, 1.807) is 0 Å². The zero-order valence-corrected chi connectivity index (χ0v) is 8.03. The van der Waals surface area contributed by atoms with Crippen LogP contribution >= 0.6 is 0 Å². The Morgan fingerprint density at radius 2 is 2.15 bits per heavy atom. The third-order valence-corrected chi connectivity index (χ3v) is 2.18. The Kier molecular flexibility index (Phi) is 4.05. The van der Waals surface area contributed by atoms with Crippen LogP contribution in [0.1, 0.15) is 37.7 Å². The van der Waals surface area contributed by atoms with E-state index in [0.717, 1.165) is 12.8 Å². The molecule has 1 aromatic rings. The molecule has 0 N–H and O–H groups in total. The van der Waals surface area contributed by atoms with Crippen LogP contribution in [-0.4, -0.2) is 4.98 Å². The lowest BCUT2D eigenvalue weighted by Gasteiger charge is -2.12. The van der Waals surface area contributed by atoms with Crippen molar-refractivity contribution in [2.24, 2.45) is 0 Å². The summed E-state index contributed by atoms with van der Waals surface area (Å²) in [5.41, 5.74) is 1.31. The van der Waals surface area contributed by atoms with Crippen molar-refractivity contribution in [3.63, 3.8) is 0 Å². The van der Waals surface area contributed by atoms with Gasteiger partial charge in [0.1, 0.15) is 0 Å². The molecule has 1 atom stereocenters. The van der Waals surface area contributed by atoms with Crippen molar-refractivity contribution >= 4 is 0 Å². The summed E-state index contributed by atoms with van der Waals surface area (Å²) in [4.78, 5) is 4.00. The van der Waals surface area contributed by atoms with E-state index in [-0.39, 0.29) is 0 Å². The molecule has 1 rings (SSSR count). The second kappa shape index (κ2) is 5.37.